The van der Waals surface area contributed by atoms with Gasteiger partial charge in [0.1, 0.15) is 5.92 Å². The minimum atomic E-state index is -3.54. The summed E-state index contributed by atoms with van der Waals surface area (Å²) in [6, 6.07) is 8.45. The standard InChI is InChI=1S/C15H17F2NO3/c1-10-12(14(20)21-2)13(19)15(16,17)9-18(10)8-11-6-4-3-5-7-11/h3-7,10,12H,8-9H2,1-2H3/t10-,12?/m0/s1. The molecule has 0 aliphatic carbocycles. The number of hydrogen-bond donors (Lipinski definition) is 0. The third-order valence-corrected chi connectivity index (χ3v) is 3.79. The number of Topliss-reactive ketones (excluding diaryl/α,β-unsaturated/α-hetero) is 1. The molecule has 1 fully saturated rings. The second-order valence-electron chi connectivity index (χ2n) is 5.20. The van der Waals surface area contributed by atoms with Gasteiger partial charge in [0, 0.05) is 12.6 Å². The lowest BCUT2D eigenvalue weighted by Crippen LogP contribution is -2.60. The number of ketones is 1. The molecule has 1 heterocycles. The second-order valence-corrected chi connectivity index (χ2v) is 5.20. The average Bonchev–Trinajstić information content (AvgIpc) is 2.46. The molecule has 6 heteroatoms. The van der Waals surface area contributed by atoms with E-state index in [0.29, 0.717) is 0 Å². The van der Waals surface area contributed by atoms with E-state index >= 15 is 0 Å². The van der Waals surface area contributed by atoms with E-state index in [4.69, 9.17) is 0 Å². The normalized spacial score (nSPS) is 25.6. The largest absolute Gasteiger partial charge is 0.468 e. The summed E-state index contributed by atoms with van der Waals surface area (Å²) in [5, 5.41) is 0. The van der Waals surface area contributed by atoms with Crippen molar-refractivity contribution in [3.63, 3.8) is 0 Å². The van der Waals surface area contributed by atoms with Crippen molar-refractivity contribution in [2.75, 3.05) is 13.7 Å². The van der Waals surface area contributed by atoms with Crippen LogP contribution in [-0.4, -0.2) is 42.3 Å². The molecule has 1 aliphatic rings. The van der Waals surface area contributed by atoms with E-state index in [9.17, 15) is 18.4 Å². The highest BCUT2D eigenvalue weighted by Gasteiger charge is 2.55. The van der Waals surface area contributed by atoms with E-state index in [1.54, 1.807) is 6.92 Å². The summed E-state index contributed by atoms with van der Waals surface area (Å²) >= 11 is 0. The number of esters is 1. The van der Waals surface area contributed by atoms with Gasteiger partial charge in [-0.1, -0.05) is 30.3 Å². The monoisotopic (exact) mass is 297 g/mol. The van der Waals surface area contributed by atoms with Gasteiger partial charge in [0.15, 0.2) is 0 Å². The molecular weight excluding hydrogens is 280 g/mol. The highest BCUT2D eigenvalue weighted by atomic mass is 19.3. The van der Waals surface area contributed by atoms with Gasteiger partial charge in [0.25, 0.3) is 0 Å². The number of methoxy groups -OCH3 is 1. The smallest absolute Gasteiger partial charge is 0.318 e. The molecule has 1 aliphatic heterocycles. The molecule has 2 atom stereocenters. The van der Waals surface area contributed by atoms with Gasteiger partial charge in [-0.25, -0.2) is 0 Å². The van der Waals surface area contributed by atoms with E-state index in [1.165, 1.54) is 4.90 Å². The number of piperidine rings is 1. The maximum atomic E-state index is 13.9. The Bertz CT molecular complexity index is 533. The molecule has 0 saturated carbocycles. The number of halogens is 2. The van der Waals surface area contributed by atoms with Crippen LogP contribution in [0, 0.1) is 5.92 Å². The Morgan fingerprint density at radius 2 is 2.00 bits per heavy atom. The number of rotatable bonds is 3. The van der Waals surface area contributed by atoms with Crippen molar-refractivity contribution < 1.29 is 23.1 Å². The highest BCUT2D eigenvalue weighted by Crippen LogP contribution is 2.33. The Labute approximate surface area is 121 Å². The van der Waals surface area contributed by atoms with Crippen molar-refractivity contribution in [1.29, 1.82) is 0 Å². The fourth-order valence-corrected chi connectivity index (χ4v) is 2.58. The summed E-state index contributed by atoms with van der Waals surface area (Å²) in [7, 11) is 1.09. The van der Waals surface area contributed by atoms with E-state index in [1.807, 2.05) is 30.3 Å². The number of nitrogens with zero attached hydrogens (tertiary/aromatic N) is 1. The van der Waals surface area contributed by atoms with Crippen LogP contribution in [0.4, 0.5) is 8.78 Å². The number of benzene rings is 1. The fraction of sp³-hybridized carbons (Fsp3) is 0.467. The summed E-state index contributed by atoms with van der Waals surface area (Å²) < 4.78 is 32.2. The van der Waals surface area contributed by atoms with Crippen LogP contribution in [0.3, 0.4) is 0 Å². The molecule has 1 saturated heterocycles. The first-order valence-corrected chi connectivity index (χ1v) is 6.65. The van der Waals surface area contributed by atoms with E-state index in [2.05, 4.69) is 4.74 Å². The van der Waals surface area contributed by atoms with Gasteiger partial charge >= 0.3 is 11.9 Å². The predicted molar refractivity (Wildman–Crippen MR) is 71.8 cm³/mol. The molecule has 114 valence electrons. The zero-order valence-electron chi connectivity index (χ0n) is 11.9. The maximum Gasteiger partial charge on any atom is 0.318 e. The van der Waals surface area contributed by atoms with Crippen LogP contribution in [0.25, 0.3) is 0 Å². The Kier molecular flexibility index (Phi) is 4.37. The van der Waals surface area contributed by atoms with Gasteiger partial charge in [-0.15, -0.1) is 0 Å². The molecule has 21 heavy (non-hydrogen) atoms. The Morgan fingerprint density at radius 1 is 1.38 bits per heavy atom. The zero-order chi connectivity index (χ0) is 15.6. The van der Waals surface area contributed by atoms with Crippen molar-refractivity contribution in [2.24, 2.45) is 5.92 Å². The van der Waals surface area contributed by atoms with Gasteiger partial charge in [0.2, 0.25) is 5.78 Å². The Hall–Kier alpha value is -1.82. The number of alkyl halides is 2. The molecule has 0 amide bonds. The second kappa shape index (κ2) is 5.89. The van der Waals surface area contributed by atoms with Gasteiger partial charge in [-0.2, -0.15) is 8.78 Å². The topological polar surface area (TPSA) is 46.6 Å². The summed E-state index contributed by atoms with van der Waals surface area (Å²) in [6.07, 6.45) is 0. The van der Waals surface area contributed by atoms with Crippen molar-refractivity contribution in [3.05, 3.63) is 35.9 Å². The molecule has 2 rings (SSSR count). The summed E-state index contributed by atoms with van der Waals surface area (Å²) in [5.41, 5.74) is 0.845. The van der Waals surface area contributed by atoms with Gasteiger partial charge in [-0.05, 0) is 12.5 Å². The van der Waals surface area contributed by atoms with Crippen LogP contribution in [0.2, 0.25) is 0 Å². The molecular formula is C15H17F2NO3. The number of ether oxygens (including phenoxy) is 1. The molecule has 0 bridgehead atoms. The molecule has 1 unspecified atom stereocenters. The van der Waals surface area contributed by atoms with Crippen LogP contribution in [0.1, 0.15) is 12.5 Å². The minimum absolute atomic E-state index is 0.248. The van der Waals surface area contributed by atoms with Crippen LogP contribution in [0.15, 0.2) is 30.3 Å². The predicted octanol–water partition coefficient (Wildman–Crippen LogP) is 1.88. The first kappa shape index (κ1) is 15.6. The third-order valence-electron chi connectivity index (χ3n) is 3.79. The number of likely N-dealkylation sites (tertiary alicyclic amines) is 1. The van der Waals surface area contributed by atoms with Gasteiger partial charge in [0.05, 0.1) is 13.7 Å². The van der Waals surface area contributed by atoms with Crippen molar-refractivity contribution >= 4 is 11.8 Å². The number of hydrogen-bond acceptors (Lipinski definition) is 4. The van der Waals surface area contributed by atoms with Crippen molar-refractivity contribution in [3.8, 4) is 0 Å². The van der Waals surface area contributed by atoms with E-state index in [0.717, 1.165) is 12.7 Å². The number of carbonyl (C=O) groups excluding carboxylic acids is 2. The van der Waals surface area contributed by atoms with Crippen LogP contribution < -0.4 is 0 Å². The molecule has 1 aromatic carbocycles. The minimum Gasteiger partial charge on any atom is -0.468 e. The molecule has 1 aromatic rings. The average molecular weight is 297 g/mol. The molecule has 0 aromatic heterocycles. The molecule has 0 spiro atoms. The fourth-order valence-electron chi connectivity index (χ4n) is 2.58. The summed E-state index contributed by atoms with van der Waals surface area (Å²) in [6.45, 7) is 1.16. The quantitative estimate of drug-likeness (QED) is 0.631. The lowest BCUT2D eigenvalue weighted by atomic mass is 9.86. The number of carbonyl (C=O) groups is 2. The van der Waals surface area contributed by atoms with Gasteiger partial charge in [-0.3, -0.25) is 14.5 Å². The highest BCUT2D eigenvalue weighted by molar-refractivity contribution is 6.04. The van der Waals surface area contributed by atoms with E-state index in [-0.39, 0.29) is 6.54 Å². The zero-order valence-corrected chi connectivity index (χ0v) is 11.9. The van der Waals surface area contributed by atoms with Crippen molar-refractivity contribution in [1.82, 2.24) is 4.90 Å². The Balaban J connectivity index is 2.26. The van der Waals surface area contributed by atoms with Crippen LogP contribution in [-0.2, 0) is 20.9 Å². The lowest BCUT2D eigenvalue weighted by molar-refractivity contribution is -0.174. The first-order chi connectivity index (χ1) is 9.86. The Morgan fingerprint density at radius 3 is 2.57 bits per heavy atom. The summed E-state index contributed by atoms with van der Waals surface area (Å²) in [4.78, 5) is 24.9. The lowest BCUT2D eigenvalue weighted by Gasteiger charge is -2.40. The summed E-state index contributed by atoms with van der Waals surface area (Å²) in [5.74, 6) is -7.27. The van der Waals surface area contributed by atoms with E-state index < -0.39 is 36.2 Å². The SMILES string of the molecule is COC(=O)C1C(=O)C(F)(F)CN(Cc2ccccc2)[C@H]1C. The van der Waals surface area contributed by atoms with Gasteiger partial charge < -0.3 is 4.74 Å². The van der Waals surface area contributed by atoms with Crippen LogP contribution in [0.5, 0.6) is 0 Å². The molecule has 4 nitrogen and oxygen atoms in total. The van der Waals surface area contributed by atoms with Crippen molar-refractivity contribution in [2.45, 2.75) is 25.4 Å². The maximum absolute atomic E-state index is 13.9. The molecule has 0 N–H and O–H groups in total. The first-order valence-electron chi connectivity index (χ1n) is 6.65. The third kappa shape index (κ3) is 3.10. The van der Waals surface area contributed by atoms with Crippen LogP contribution >= 0.6 is 0 Å². The molecule has 0 radical (unpaired) electrons.